The highest BCUT2D eigenvalue weighted by atomic mass is 16.1. The van der Waals surface area contributed by atoms with Gasteiger partial charge in [0.15, 0.2) is 5.82 Å². The Morgan fingerprint density at radius 3 is 2.64 bits per heavy atom. The molecular weight excluding hydrogens is 314 g/mol. The highest BCUT2D eigenvalue weighted by Crippen LogP contribution is 2.13. The van der Waals surface area contributed by atoms with Crippen LogP contribution in [0.25, 0.3) is 5.82 Å². The third kappa shape index (κ3) is 4.50. The van der Waals surface area contributed by atoms with E-state index in [4.69, 9.17) is 0 Å². The molecule has 0 bridgehead atoms. The Morgan fingerprint density at radius 1 is 1.12 bits per heavy atom. The number of anilines is 1. The highest BCUT2D eigenvalue weighted by molar-refractivity contribution is 5.89. The number of aryl methyl sites for hydroxylation is 3. The fourth-order valence-electron chi connectivity index (χ4n) is 2.70. The van der Waals surface area contributed by atoms with Crippen LogP contribution in [0.1, 0.15) is 29.8 Å². The van der Waals surface area contributed by atoms with Crippen LogP contribution in [-0.2, 0) is 11.2 Å². The molecule has 0 saturated carbocycles. The summed E-state index contributed by atoms with van der Waals surface area (Å²) in [5, 5.41) is 7.23. The largest absolute Gasteiger partial charge is 0.311 e. The summed E-state index contributed by atoms with van der Waals surface area (Å²) in [5.41, 5.74) is 3.14. The van der Waals surface area contributed by atoms with Crippen molar-refractivity contribution in [3.63, 3.8) is 0 Å². The van der Waals surface area contributed by atoms with Crippen LogP contribution in [0.3, 0.4) is 0 Å². The molecule has 6 heteroatoms. The first-order valence-corrected chi connectivity index (χ1v) is 8.31. The number of benzene rings is 1. The lowest BCUT2D eigenvalue weighted by molar-refractivity contribution is -0.116. The highest BCUT2D eigenvalue weighted by Gasteiger charge is 2.08. The van der Waals surface area contributed by atoms with Gasteiger partial charge in [0.25, 0.3) is 0 Å². The number of rotatable bonds is 6. The minimum Gasteiger partial charge on any atom is -0.311 e. The summed E-state index contributed by atoms with van der Waals surface area (Å²) in [7, 11) is 0. The molecule has 25 heavy (non-hydrogen) atoms. The lowest BCUT2D eigenvalue weighted by Crippen LogP contribution is -2.13. The Kier molecular flexibility index (Phi) is 5.18. The van der Waals surface area contributed by atoms with E-state index in [2.05, 4.69) is 32.5 Å². The van der Waals surface area contributed by atoms with Gasteiger partial charge in [0.1, 0.15) is 12.1 Å². The molecule has 1 aromatic carbocycles. The van der Waals surface area contributed by atoms with Crippen molar-refractivity contribution < 1.29 is 4.79 Å². The van der Waals surface area contributed by atoms with Gasteiger partial charge in [-0.05, 0) is 38.3 Å². The third-order valence-electron chi connectivity index (χ3n) is 3.86. The van der Waals surface area contributed by atoms with Crippen molar-refractivity contribution in [1.29, 1.82) is 0 Å². The number of carbonyl (C=O) groups excluding carboxylic acids is 1. The minimum atomic E-state index is -0.0473. The Balaban J connectivity index is 1.58. The van der Waals surface area contributed by atoms with Gasteiger partial charge in [-0.3, -0.25) is 4.79 Å². The molecule has 0 aliphatic rings. The predicted molar refractivity (Wildman–Crippen MR) is 96.6 cm³/mol. The van der Waals surface area contributed by atoms with Crippen LogP contribution in [0.2, 0.25) is 0 Å². The fourth-order valence-corrected chi connectivity index (χ4v) is 2.70. The number of amides is 1. The molecule has 128 valence electrons. The summed E-state index contributed by atoms with van der Waals surface area (Å²) >= 11 is 0. The van der Waals surface area contributed by atoms with Crippen molar-refractivity contribution in [2.45, 2.75) is 33.1 Å². The first-order chi connectivity index (χ1) is 12.1. The number of hydrogen-bond donors (Lipinski definition) is 1. The van der Waals surface area contributed by atoms with E-state index in [0.29, 0.717) is 18.1 Å². The van der Waals surface area contributed by atoms with Gasteiger partial charge in [-0.2, -0.15) is 5.10 Å². The van der Waals surface area contributed by atoms with Gasteiger partial charge in [-0.1, -0.05) is 30.3 Å². The quantitative estimate of drug-likeness (QED) is 0.750. The van der Waals surface area contributed by atoms with E-state index in [1.54, 1.807) is 10.7 Å². The van der Waals surface area contributed by atoms with Crippen LogP contribution in [0.4, 0.5) is 5.82 Å². The molecule has 0 unspecified atom stereocenters. The summed E-state index contributed by atoms with van der Waals surface area (Å²) in [5.74, 6) is 1.08. The first kappa shape index (κ1) is 16.8. The van der Waals surface area contributed by atoms with Crippen LogP contribution >= 0.6 is 0 Å². The SMILES string of the molecule is Cc1cc(C)n(-c2cc(NC(=O)CCCc3ccccc3)ncn2)n1. The molecule has 3 aromatic rings. The summed E-state index contributed by atoms with van der Waals surface area (Å²) in [6.07, 6.45) is 3.57. The molecule has 0 aliphatic carbocycles. The summed E-state index contributed by atoms with van der Waals surface area (Å²) < 4.78 is 1.74. The van der Waals surface area contributed by atoms with E-state index in [-0.39, 0.29) is 5.91 Å². The minimum absolute atomic E-state index is 0.0473. The average molecular weight is 335 g/mol. The molecule has 0 atom stereocenters. The zero-order valence-electron chi connectivity index (χ0n) is 14.4. The molecule has 0 saturated heterocycles. The van der Waals surface area contributed by atoms with E-state index in [9.17, 15) is 4.79 Å². The van der Waals surface area contributed by atoms with Crippen molar-refractivity contribution in [2.75, 3.05) is 5.32 Å². The van der Waals surface area contributed by atoms with E-state index in [1.165, 1.54) is 11.9 Å². The second-order valence-electron chi connectivity index (χ2n) is 5.99. The second-order valence-corrected chi connectivity index (χ2v) is 5.99. The monoisotopic (exact) mass is 335 g/mol. The Bertz CT molecular complexity index is 857. The van der Waals surface area contributed by atoms with Gasteiger partial charge in [0, 0.05) is 18.2 Å². The Morgan fingerprint density at radius 2 is 1.92 bits per heavy atom. The molecule has 0 aliphatic heterocycles. The van der Waals surface area contributed by atoms with Gasteiger partial charge in [-0.25, -0.2) is 14.6 Å². The summed E-state index contributed by atoms with van der Waals surface area (Å²) in [6.45, 7) is 3.89. The van der Waals surface area contributed by atoms with E-state index < -0.39 is 0 Å². The van der Waals surface area contributed by atoms with Crippen molar-refractivity contribution in [3.05, 3.63) is 65.7 Å². The van der Waals surface area contributed by atoms with E-state index in [1.807, 2.05) is 38.1 Å². The zero-order valence-corrected chi connectivity index (χ0v) is 14.4. The number of carbonyl (C=O) groups is 1. The smallest absolute Gasteiger partial charge is 0.225 e. The number of nitrogens with one attached hydrogen (secondary N) is 1. The molecule has 2 aromatic heterocycles. The first-order valence-electron chi connectivity index (χ1n) is 8.31. The van der Waals surface area contributed by atoms with Gasteiger partial charge < -0.3 is 5.32 Å². The molecule has 6 nitrogen and oxygen atoms in total. The van der Waals surface area contributed by atoms with Crippen molar-refractivity contribution in [2.24, 2.45) is 0 Å². The van der Waals surface area contributed by atoms with Crippen LogP contribution in [0.5, 0.6) is 0 Å². The molecule has 3 rings (SSSR count). The van der Waals surface area contributed by atoms with Crippen molar-refractivity contribution in [1.82, 2.24) is 19.7 Å². The van der Waals surface area contributed by atoms with Crippen molar-refractivity contribution in [3.8, 4) is 5.82 Å². The van der Waals surface area contributed by atoms with E-state index in [0.717, 1.165) is 24.2 Å². The lowest BCUT2D eigenvalue weighted by Gasteiger charge is -2.07. The van der Waals surface area contributed by atoms with Crippen LogP contribution in [-0.4, -0.2) is 25.7 Å². The van der Waals surface area contributed by atoms with E-state index >= 15 is 0 Å². The Hall–Kier alpha value is -3.02. The average Bonchev–Trinajstić information content (AvgIpc) is 2.94. The molecule has 0 fully saturated rings. The zero-order chi connectivity index (χ0) is 17.6. The number of hydrogen-bond acceptors (Lipinski definition) is 4. The van der Waals surface area contributed by atoms with Gasteiger partial charge in [0.2, 0.25) is 5.91 Å². The van der Waals surface area contributed by atoms with Gasteiger partial charge >= 0.3 is 0 Å². The van der Waals surface area contributed by atoms with Crippen LogP contribution in [0.15, 0.2) is 48.8 Å². The Labute approximate surface area is 146 Å². The fraction of sp³-hybridized carbons (Fsp3) is 0.263. The van der Waals surface area contributed by atoms with Crippen LogP contribution < -0.4 is 5.32 Å². The maximum atomic E-state index is 12.1. The topological polar surface area (TPSA) is 72.7 Å². The number of aromatic nitrogens is 4. The number of nitrogens with zero attached hydrogens (tertiary/aromatic N) is 4. The van der Waals surface area contributed by atoms with Gasteiger partial charge in [0.05, 0.1) is 5.69 Å². The third-order valence-corrected chi connectivity index (χ3v) is 3.86. The molecular formula is C19H21N5O. The maximum absolute atomic E-state index is 12.1. The normalized spacial score (nSPS) is 10.6. The van der Waals surface area contributed by atoms with Crippen molar-refractivity contribution >= 4 is 11.7 Å². The molecule has 1 amide bonds. The molecule has 2 heterocycles. The lowest BCUT2D eigenvalue weighted by atomic mass is 10.1. The second kappa shape index (κ2) is 7.70. The maximum Gasteiger partial charge on any atom is 0.225 e. The molecule has 0 spiro atoms. The standard InChI is InChI=1S/C19H21N5O/c1-14-11-15(2)24(23-14)18-12-17(20-13-21-18)22-19(25)10-6-9-16-7-4-3-5-8-16/h3-5,7-8,11-13H,6,9-10H2,1-2H3,(H,20,21,22,25). The van der Waals surface area contributed by atoms with Crippen LogP contribution in [0, 0.1) is 13.8 Å². The summed E-state index contributed by atoms with van der Waals surface area (Å²) in [6, 6.07) is 13.9. The molecule has 0 radical (unpaired) electrons. The molecule has 1 N–H and O–H groups in total. The van der Waals surface area contributed by atoms with Gasteiger partial charge in [-0.15, -0.1) is 0 Å². The summed E-state index contributed by atoms with van der Waals surface area (Å²) in [4.78, 5) is 20.5. The predicted octanol–water partition coefficient (Wildman–Crippen LogP) is 3.24.